The standard InChI is InChI=1S/C33H39NO9/c1-9-42-27(37)26-31(6,19(2)36)32(7,40)23(18-35)25(20-14-16-21(41-8)17-15-20)33(26)22-12-10-11-13-24(22)34(28(33)38)29(39)43-30(3,4)5/h10-18,23,25-26,40H,9H2,1-8H3/t23-,25-,26+,31+,32-,33-/m0/s1. The first-order valence-electron chi connectivity index (χ1n) is 14.2. The number of Topliss-reactive ketones (excluding diaryl/α,β-unsaturated/α-hetero) is 1. The van der Waals surface area contributed by atoms with Gasteiger partial charge >= 0.3 is 12.1 Å². The van der Waals surface area contributed by atoms with Crippen molar-refractivity contribution < 1.29 is 43.3 Å². The van der Waals surface area contributed by atoms with E-state index >= 15 is 4.79 Å². The Morgan fingerprint density at radius 3 is 2.16 bits per heavy atom. The van der Waals surface area contributed by atoms with Gasteiger partial charge in [0, 0.05) is 5.92 Å². The van der Waals surface area contributed by atoms with Gasteiger partial charge in [-0.25, -0.2) is 9.69 Å². The Morgan fingerprint density at radius 1 is 1.05 bits per heavy atom. The van der Waals surface area contributed by atoms with Crippen LogP contribution >= 0.6 is 0 Å². The van der Waals surface area contributed by atoms with E-state index in [2.05, 4.69) is 0 Å². The van der Waals surface area contributed by atoms with E-state index < -0.39 is 63.5 Å². The number of anilines is 1. The number of imide groups is 1. The third-order valence-corrected chi connectivity index (χ3v) is 9.18. The third kappa shape index (κ3) is 4.54. The fraction of sp³-hybridized carbons (Fsp3) is 0.485. The lowest BCUT2D eigenvalue weighted by Crippen LogP contribution is -2.73. The van der Waals surface area contributed by atoms with Gasteiger partial charge < -0.3 is 24.1 Å². The number of aldehydes is 1. The highest BCUT2D eigenvalue weighted by atomic mass is 16.6. The Balaban J connectivity index is 2.21. The molecule has 230 valence electrons. The predicted molar refractivity (Wildman–Crippen MR) is 157 cm³/mol. The Hall–Kier alpha value is -4.05. The topological polar surface area (TPSA) is 137 Å². The number of hydrogen-bond acceptors (Lipinski definition) is 9. The normalized spacial score (nSPS) is 30.0. The Bertz CT molecular complexity index is 1460. The summed E-state index contributed by atoms with van der Waals surface area (Å²) in [5, 5.41) is 12.2. The summed E-state index contributed by atoms with van der Waals surface area (Å²) < 4.78 is 16.5. The second kappa shape index (κ2) is 10.9. The fourth-order valence-electron chi connectivity index (χ4n) is 7.08. The molecule has 1 fully saturated rings. The highest BCUT2D eigenvalue weighted by Gasteiger charge is 2.78. The molecule has 43 heavy (non-hydrogen) atoms. The van der Waals surface area contributed by atoms with Crippen molar-refractivity contribution in [2.75, 3.05) is 18.6 Å². The molecule has 1 aliphatic carbocycles. The molecule has 0 unspecified atom stereocenters. The molecule has 10 nitrogen and oxygen atoms in total. The van der Waals surface area contributed by atoms with Gasteiger partial charge in [0.15, 0.2) is 0 Å². The maximum atomic E-state index is 15.2. The van der Waals surface area contributed by atoms with E-state index in [1.54, 1.807) is 76.2 Å². The lowest BCUT2D eigenvalue weighted by Gasteiger charge is -2.61. The number of benzene rings is 2. The average Bonchev–Trinajstić information content (AvgIpc) is 3.18. The lowest BCUT2D eigenvalue weighted by atomic mass is 9.40. The summed E-state index contributed by atoms with van der Waals surface area (Å²) in [7, 11) is 1.49. The quantitative estimate of drug-likeness (QED) is 0.383. The first-order chi connectivity index (χ1) is 20.0. The highest BCUT2D eigenvalue weighted by molar-refractivity contribution is 6.23. The number of aliphatic hydroxyl groups is 1. The lowest BCUT2D eigenvalue weighted by molar-refractivity contribution is -0.207. The molecule has 2 amide bonds. The monoisotopic (exact) mass is 593 g/mol. The van der Waals surface area contributed by atoms with Gasteiger partial charge in [-0.2, -0.15) is 0 Å². The van der Waals surface area contributed by atoms with Gasteiger partial charge in [-0.1, -0.05) is 30.3 Å². The first kappa shape index (κ1) is 31.9. The van der Waals surface area contributed by atoms with E-state index in [0.717, 1.165) is 4.90 Å². The van der Waals surface area contributed by atoms with Gasteiger partial charge in [-0.3, -0.25) is 14.4 Å². The summed E-state index contributed by atoms with van der Waals surface area (Å²) in [5.41, 5.74) is -6.39. The summed E-state index contributed by atoms with van der Waals surface area (Å²) in [5.74, 6) is -6.20. The molecule has 1 aliphatic heterocycles. The van der Waals surface area contributed by atoms with Gasteiger partial charge in [0.25, 0.3) is 0 Å². The Labute approximate surface area is 251 Å². The predicted octanol–water partition coefficient (Wildman–Crippen LogP) is 4.35. The second-order valence-electron chi connectivity index (χ2n) is 12.5. The second-order valence-corrected chi connectivity index (χ2v) is 12.5. The number of fused-ring (bicyclic) bond motifs is 2. The zero-order chi connectivity index (χ0) is 32.1. The van der Waals surface area contributed by atoms with Crippen LogP contribution in [0, 0.1) is 17.3 Å². The van der Waals surface area contributed by atoms with Crippen molar-refractivity contribution in [1.82, 2.24) is 0 Å². The average molecular weight is 594 g/mol. The van der Waals surface area contributed by atoms with Crippen molar-refractivity contribution in [3.63, 3.8) is 0 Å². The number of esters is 1. The van der Waals surface area contributed by atoms with Gasteiger partial charge in [-0.15, -0.1) is 0 Å². The number of carbonyl (C=O) groups excluding carboxylic acids is 5. The molecule has 0 aromatic heterocycles. The van der Waals surface area contributed by atoms with Crippen molar-refractivity contribution in [1.29, 1.82) is 0 Å². The van der Waals surface area contributed by atoms with Gasteiger partial charge in [0.2, 0.25) is 5.91 Å². The van der Waals surface area contributed by atoms with Crippen LogP contribution in [0.25, 0.3) is 0 Å². The number of methoxy groups -OCH3 is 1. The molecule has 2 aromatic carbocycles. The van der Waals surface area contributed by atoms with Crippen LogP contribution in [-0.4, -0.2) is 60.1 Å². The van der Waals surface area contributed by atoms with Crippen LogP contribution in [0.2, 0.25) is 0 Å². The number of amides is 2. The smallest absolute Gasteiger partial charge is 0.421 e. The van der Waals surface area contributed by atoms with E-state index in [0.29, 0.717) is 17.6 Å². The summed E-state index contributed by atoms with van der Waals surface area (Å²) >= 11 is 0. The number of carbonyl (C=O) groups is 5. The van der Waals surface area contributed by atoms with Crippen LogP contribution < -0.4 is 9.64 Å². The van der Waals surface area contributed by atoms with Gasteiger partial charge in [0.05, 0.1) is 47.7 Å². The number of ether oxygens (including phenoxy) is 3. The first-order valence-corrected chi connectivity index (χ1v) is 14.2. The summed E-state index contributed by atoms with van der Waals surface area (Å²) in [6, 6.07) is 13.0. The van der Waals surface area contributed by atoms with Gasteiger partial charge in [0.1, 0.15) is 23.4 Å². The maximum Gasteiger partial charge on any atom is 0.421 e. The molecular weight excluding hydrogens is 554 g/mol. The number of ketones is 1. The molecule has 1 saturated carbocycles. The van der Waals surface area contributed by atoms with E-state index in [9.17, 15) is 24.3 Å². The highest BCUT2D eigenvalue weighted by Crippen LogP contribution is 2.68. The number of rotatable bonds is 6. The summed E-state index contributed by atoms with van der Waals surface area (Å²) in [6.07, 6.45) is -0.465. The minimum absolute atomic E-state index is 0.0858. The third-order valence-electron chi connectivity index (χ3n) is 9.18. The Kier molecular flexibility index (Phi) is 8.08. The van der Waals surface area contributed by atoms with E-state index in [1.807, 2.05) is 0 Å². The SMILES string of the molecule is CCOC(=O)[C@H]1[C@@]2(C(=O)N(C(=O)OC(C)(C)C)c3ccccc32)[C@@H](c2ccc(OC)cc2)[C@H](C=O)[C@](C)(O)[C@]1(C)C(C)=O. The minimum atomic E-state index is -2.14. The molecule has 10 heteroatoms. The van der Waals surface area contributed by atoms with Gasteiger partial charge in [-0.05, 0) is 77.8 Å². The zero-order valence-electron chi connectivity index (χ0n) is 25.8. The van der Waals surface area contributed by atoms with E-state index in [-0.39, 0.29) is 17.9 Å². The molecule has 1 N–H and O–H groups in total. The molecule has 2 aromatic rings. The molecule has 0 saturated heterocycles. The van der Waals surface area contributed by atoms with Crippen molar-refractivity contribution in [2.45, 2.75) is 71.0 Å². The van der Waals surface area contributed by atoms with Crippen LogP contribution in [0.15, 0.2) is 48.5 Å². The zero-order valence-corrected chi connectivity index (χ0v) is 25.8. The van der Waals surface area contributed by atoms with Crippen molar-refractivity contribution >= 4 is 35.7 Å². The maximum absolute atomic E-state index is 15.2. The molecule has 1 spiro atoms. The van der Waals surface area contributed by atoms with E-state index in [1.165, 1.54) is 27.9 Å². The Morgan fingerprint density at radius 2 is 1.65 bits per heavy atom. The molecular formula is C33H39NO9. The van der Waals surface area contributed by atoms with Crippen LogP contribution in [0.3, 0.4) is 0 Å². The number of para-hydroxylation sites is 1. The van der Waals surface area contributed by atoms with E-state index in [4.69, 9.17) is 14.2 Å². The molecule has 0 bridgehead atoms. The van der Waals surface area contributed by atoms with Crippen LogP contribution in [0.1, 0.15) is 65.5 Å². The van der Waals surface area contributed by atoms with Crippen molar-refractivity contribution in [3.8, 4) is 5.75 Å². The number of hydrogen-bond donors (Lipinski definition) is 1. The molecule has 2 aliphatic rings. The van der Waals surface area contributed by atoms with Crippen LogP contribution in [0.5, 0.6) is 5.75 Å². The molecule has 6 atom stereocenters. The molecule has 1 heterocycles. The number of nitrogens with zero attached hydrogens (tertiary/aromatic N) is 1. The van der Waals surface area contributed by atoms with Crippen molar-refractivity contribution in [3.05, 3.63) is 59.7 Å². The molecule has 4 rings (SSSR count). The summed E-state index contributed by atoms with van der Waals surface area (Å²) in [4.78, 5) is 70.8. The van der Waals surface area contributed by atoms with Crippen LogP contribution in [-0.2, 0) is 34.1 Å². The fourth-order valence-corrected chi connectivity index (χ4v) is 7.08. The largest absolute Gasteiger partial charge is 0.497 e. The summed E-state index contributed by atoms with van der Waals surface area (Å²) in [6.45, 7) is 10.4. The van der Waals surface area contributed by atoms with Crippen molar-refractivity contribution in [2.24, 2.45) is 17.3 Å². The van der Waals surface area contributed by atoms with Crippen LogP contribution in [0.4, 0.5) is 10.5 Å². The molecule has 0 radical (unpaired) electrons. The minimum Gasteiger partial charge on any atom is -0.497 e.